The van der Waals surface area contributed by atoms with Crippen molar-refractivity contribution in [2.45, 2.75) is 63.8 Å². The molecule has 0 atom stereocenters. The zero-order valence-electron chi connectivity index (χ0n) is 26.5. The van der Waals surface area contributed by atoms with Crippen LogP contribution in [0.4, 0.5) is 0 Å². The van der Waals surface area contributed by atoms with E-state index in [0.29, 0.717) is 25.6 Å². The average Bonchev–Trinajstić information content (AvgIpc) is 3.27. The van der Waals surface area contributed by atoms with Crippen molar-refractivity contribution in [2.75, 3.05) is 6.61 Å². The van der Waals surface area contributed by atoms with Crippen LogP contribution in [-0.2, 0) is 24.4 Å². The summed E-state index contributed by atoms with van der Waals surface area (Å²) in [5, 5.41) is 10.8. The largest absolute Gasteiger partial charge is 0.487 e. The van der Waals surface area contributed by atoms with Gasteiger partial charge in [-0.15, -0.1) is 11.8 Å². The molecule has 0 aliphatic heterocycles. The van der Waals surface area contributed by atoms with Crippen LogP contribution in [0.25, 0.3) is 22.0 Å². The number of aromatic nitrogens is 3. The molecule has 0 saturated heterocycles. The molecule has 45 heavy (non-hydrogen) atoms. The third-order valence-electron chi connectivity index (χ3n) is 7.20. The lowest BCUT2D eigenvalue weighted by molar-refractivity contribution is -0.132. The number of fused-ring (bicyclic) bond motifs is 1. The third-order valence-corrected chi connectivity index (χ3v) is 8.47. The summed E-state index contributed by atoms with van der Waals surface area (Å²) in [5.41, 5.74) is 7.19. The molecule has 232 valence electrons. The van der Waals surface area contributed by atoms with Gasteiger partial charge in [0.05, 0.1) is 12.3 Å². The van der Waals surface area contributed by atoms with Gasteiger partial charge in [-0.3, -0.25) is 4.98 Å². The van der Waals surface area contributed by atoms with Crippen LogP contribution in [0.3, 0.4) is 0 Å². The van der Waals surface area contributed by atoms with Crippen LogP contribution in [0.2, 0.25) is 0 Å². The smallest absolute Gasteiger partial charge is 0.331 e. The highest BCUT2D eigenvalue weighted by Crippen LogP contribution is 2.43. The van der Waals surface area contributed by atoms with Gasteiger partial charge in [0.2, 0.25) is 5.88 Å². The van der Waals surface area contributed by atoms with Gasteiger partial charge in [-0.2, -0.15) is 0 Å². The van der Waals surface area contributed by atoms with Crippen LogP contribution >= 0.6 is 11.8 Å². The van der Waals surface area contributed by atoms with E-state index < -0.39 is 5.97 Å². The SMILES string of the molecule is C=C(Cc1c(SC(C)(C)C)c2cc(OCc3ccc(C)cn3)ccc2n1Cc1ccc(-c2ccc(OCC)nc2)cc1)C(=O)O. The lowest BCUT2D eigenvalue weighted by atomic mass is 10.1. The second-order valence-electron chi connectivity index (χ2n) is 12.0. The zero-order valence-corrected chi connectivity index (χ0v) is 27.3. The quantitative estimate of drug-likeness (QED) is 0.110. The Bertz CT molecular complexity index is 1800. The van der Waals surface area contributed by atoms with Gasteiger partial charge in [0.25, 0.3) is 0 Å². The number of hydrogen-bond acceptors (Lipinski definition) is 6. The summed E-state index contributed by atoms with van der Waals surface area (Å²) in [5.74, 6) is 0.341. The molecule has 5 rings (SSSR count). The number of ether oxygens (including phenoxy) is 2. The molecule has 0 unspecified atom stereocenters. The van der Waals surface area contributed by atoms with Crippen LogP contribution in [0.1, 0.15) is 50.2 Å². The first kappa shape index (κ1) is 31.9. The molecule has 3 aromatic heterocycles. The van der Waals surface area contributed by atoms with E-state index in [4.69, 9.17) is 9.47 Å². The second-order valence-corrected chi connectivity index (χ2v) is 13.8. The fourth-order valence-electron chi connectivity index (χ4n) is 5.01. The molecule has 3 heterocycles. The minimum Gasteiger partial charge on any atom is -0.487 e. The van der Waals surface area contributed by atoms with Crippen LogP contribution < -0.4 is 9.47 Å². The van der Waals surface area contributed by atoms with Crippen molar-refractivity contribution < 1.29 is 19.4 Å². The number of nitrogens with zero attached hydrogens (tertiary/aromatic N) is 3. The van der Waals surface area contributed by atoms with Crippen molar-refractivity contribution in [3.8, 4) is 22.8 Å². The van der Waals surface area contributed by atoms with Crippen LogP contribution in [0, 0.1) is 6.92 Å². The van der Waals surface area contributed by atoms with E-state index in [9.17, 15) is 9.90 Å². The summed E-state index contributed by atoms with van der Waals surface area (Å²) in [6, 6.07) is 22.4. The van der Waals surface area contributed by atoms with E-state index in [1.165, 1.54) is 0 Å². The fourth-order valence-corrected chi connectivity index (χ4v) is 6.20. The number of aryl methyl sites for hydroxylation is 1. The van der Waals surface area contributed by atoms with E-state index in [1.807, 2.05) is 56.6 Å². The topological polar surface area (TPSA) is 86.5 Å². The van der Waals surface area contributed by atoms with Crippen molar-refractivity contribution in [1.29, 1.82) is 0 Å². The van der Waals surface area contributed by atoms with Crippen molar-refractivity contribution in [3.05, 3.63) is 114 Å². The molecule has 2 aromatic carbocycles. The molecular weight excluding hydrogens is 582 g/mol. The zero-order chi connectivity index (χ0) is 32.1. The van der Waals surface area contributed by atoms with Crippen molar-refractivity contribution in [2.24, 2.45) is 0 Å². The van der Waals surface area contributed by atoms with E-state index in [2.05, 4.69) is 78.3 Å². The van der Waals surface area contributed by atoms with Crippen molar-refractivity contribution in [3.63, 3.8) is 0 Å². The van der Waals surface area contributed by atoms with E-state index in [0.717, 1.165) is 55.2 Å². The molecule has 0 bridgehead atoms. The Morgan fingerprint density at radius 2 is 1.71 bits per heavy atom. The van der Waals surface area contributed by atoms with Gasteiger partial charge in [-0.25, -0.2) is 9.78 Å². The number of pyridine rings is 2. The molecule has 0 aliphatic carbocycles. The van der Waals surface area contributed by atoms with Gasteiger partial charge in [-0.1, -0.05) is 57.7 Å². The molecule has 0 radical (unpaired) electrons. The molecule has 0 amide bonds. The Hall–Kier alpha value is -4.56. The number of rotatable bonds is 12. The molecule has 0 fully saturated rings. The first-order valence-corrected chi connectivity index (χ1v) is 15.8. The lowest BCUT2D eigenvalue weighted by Crippen LogP contribution is -2.12. The Morgan fingerprint density at radius 1 is 0.956 bits per heavy atom. The first-order valence-electron chi connectivity index (χ1n) is 15.0. The molecule has 8 heteroatoms. The van der Waals surface area contributed by atoms with E-state index >= 15 is 0 Å². The fraction of sp³-hybridized carbons (Fsp3) is 0.270. The summed E-state index contributed by atoms with van der Waals surface area (Å²) in [7, 11) is 0. The van der Waals surface area contributed by atoms with Gasteiger partial charge >= 0.3 is 5.97 Å². The lowest BCUT2D eigenvalue weighted by Gasteiger charge is -2.19. The number of carboxylic acid groups (broad SMARTS) is 1. The van der Waals surface area contributed by atoms with E-state index in [1.54, 1.807) is 11.8 Å². The normalized spacial score (nSPS) is 11.5. The second kappa shape index (κ2) is 13.6. The number of carbonyl (C=O) groups is 1. The molecule has 7 nitrogen and oxygen atoms in total. The third kappa shape index (κ3) is 7.94. The van der Waals surface area contributed by atoms with Crippen molar-refractivity contribution >= 4 is 28.6 Å². The van der Waals surface area contributed by atoms with Gasteiger partial charge in [0.15, 0.2) is 0 Å². The van der Waals surface area contributed by atoms with Crippen molar-refractivity contribution in [1.82, 2.24) is 14.5 Å². The van der Waals surface area contributed by atoms with Gasteiger partial charge in [0.1, 0.15) is 12.4 Å². The summed E-state index contributed by atoms with van der Waals surface area (Å²) in [6.07, 6.45) is 3.88. The van der Waals surface area contributed by atoms with Gasteiger partial charge in [-0.05, 0) is 60.9 Å². The van der Waals surface area contributed by atoms with E-state index in [-0.39, 0.29) is 16.7 Å². The summed E-state index contributed by atoms with van der Waals surface area (Å²) in [4.78, 5) is 21.9. The summed E-state index contributed by atoms with van der Waals surface area (Å²) < 4.78 is 13.8. The highest BCUT2D eigenvalue weighted by atomic mass is 32.2. The monoisotopic (exact) mass is 621 g/mol. The van der Waals surface area contributed by atoms with Gasteiger partial charge < -0.3 is 19.1 Å². The minimum absolute atomic E-state index is 0.117. The Morgan fingerprint density at radius 3 is 2.33 bits per heavy atom. The Balaban J connectivity index is 1.52. The maximum absolute atomic E-state index is 12.0. The number of hydrogen-bond donors (Lipinski definition) is 1. The van der Waals surface area contributed by atoms with Crippen LogP contribution in [0.5, 0.6) is 11.6 Å². The summed E-state index contributed by atoms with van der Waals surface area (Å²) in [6.45, 7) is 15.8. The standard InChI is InChI=1S/C37H39N3O4S/c1-7-43-34-17-13-28(21-39-34)27-11-9-26(10-12-27)22-40-32-16-15-30(44-23-29-14-8-24(2)20-38-29)19-31(32)35(45-37(4,5)6)33(40)18-25(3)36(41)42/h8-17,19-21H,3,7,18,22-23H2,1-2,4-6H3,(H,41,42). The summed E-state index contributed by atoms with van der Waals surface area (Å²) >= 11 is 1.73. The number of benzene rings is 2. The average molecular weight is 622 g/mol. The maximum Gasteiger partial charge on any atom is 0.331 e. The highest BCUT2D eigenvalue weighted by Gasteiger charge is 2.25. The maximum atomic E-state index is 12.0. The number of aliphatic carboxylic acids is 1. The van der Waals surface area contributed by atoms with Crippen LogP contribution in [0.15, 0.2) is 96.2 Å². The molecular formula is C37H39N3O4S. The molecule has 0 saturated carbocycles. The van der Waals surface area contributed by atoms with Crippen LogP contribution in [-0.4, -0.2) is 37.0 Å². The first-order chi connectivity index (χ1) is 21.5. The Labute approximate surface area is 269 Å². The molecule has 5 aromatic rings. The molecule has 0 spiro atoms. The number of thioether (sulfide) groups is 1. The predicted molar refractivity (Wildman–Crippen MR) is 181 cm³/mol. The molecule has 0 aliphatic rings. The Kier molecular flexibility index (Phi) is 9.63. The minimum atomic E-state index is -0.999. The number of carboxylic acids is 1. The predicted octanol–water partition coefficient (Wildman–Crippen LogP) is 8.51. The highest BCUT2D eigenvalue weighted by molar-refractivity contribution is 8.00. The van der Waals surface area contributed by atoms with Gasteiger partial charge in [0, 0.05) is 68.8 Å². The molecule has 1 N–H and O–H groups in total.